The molecule has 0 aliphatic carbocycles. The maximum Gasteiger partial charge on any atom is 0.236 e. The molecule has 2 heterocycles. The highest BCUT2D eigenvalue weighted by Crippen LogP contribution is 2.37. The Morgan fingerprint density at radius 3 is 2.34 bits per heavy atom. The van der Waals surface area contributed by atoms with Gasteiger partial charge in [-0.25, -0.2) is 0 Å². The third kappa shape index (κ3) is 6.24. The predicted molar refractivity (Wildman–Crippen MR) is 116 cm³/mol. The van der Waals surface area contributed by atoms with Crippen molar-refractivity contribution in [1.29, 1.82) is 0 Å². The number of carbonyl (C=O) groups is 1. The van der Waals surface area contributed by atoms with Crippen molar-refractivity contribution in [2.45, 2.75) is 39.7 Å². The molecule has 0 bridgehead atoms. The average molecular weight is 424 g/mol. The smallest absolute Gasteiger partial charge is 0.236 e. The van der Waals surface area contributed by atoms with Crippen LogP contribution in [0.25, 0.3) is 0 Å². The second kappa shape index (κ2) is 11.0. The molecule has 0 N–H and O–H groups in total. The van der Waals surface area contributed by atoms with Crippen molar-refractivity contribution in [3.63, 3.8) is 0 Å². The monoisotopic (exact) mass is 423 g/mol. The van der Waals surface area contributed by atoms with Crippen LogP contribution in [0.15, 0.2) is 12.1 Å². The first kappa shape index (κ1) is 22.2. The molecule has 0 aromatic heterocycles. The number of halogens is 1. The Morgan fingerprint density at radius 2 is 1.69 bits per heavy atom. The first-order valence-electron chi connectivity index (χ1n) is 10.9. The molecule has 1 aromatic rings. The Bertz CT molecular complexity index is 672. The summed E-state index contributed by atoms with van der Waals surface area (Å²) in [5.41, 5.74) is 1.13. The SMILES string of the molecule is CCCOc1c(Cl)cc(CN2CCN(CC(=O)N3CCCC3)CC2)cc1OCC. The number of hydrogen-bond acceptors (Lipinski definition) is 5. The van der Waals surface area contributed by atoms with Crippen molar-refractivity contribution >= 4 is 17.5 Å². The summed E-state index contributed by atoms with van der Waals surface area (Å²) in [7, 11) is 0. The summed E-state index contributed by atoms with van der Waals surface area (Å²) in [4.78, 5) is 19.0. The number of hydrogen-bond donors (Lipinski definition) is 0. The first-order chi connectivity index (χ1) is 14.1. The highest BCUT2D eigenvalue weighted by molar-refractivity contribution is 6.32. The molecule has 0 unspecified atom stereocenters. The molecule has 0 radical (unpaired) electrons. The summed E-state index contributed by atoms with van der Waals surface area (Å²) in [6, 6.07) is 4.03. The van der Waals surface area contributed by atoms with Gasteiger partial charge in [-0.1, -0.05) is 18.5 Å². The lowest BCUT2D eigenvalue weighted by atomic mass is 10.1. The van der Waals surface area contributed by atoms with Gasteiger partial charge in [0.2, 0.25) is 5.91 Å². The van der Waals surface area contributed by atoms with Crippen LogP contribution in [0.5, 0.6) is 11.5 Å². The van der Waals surface area contributed by atoms with E-state index in [1.54, 1.807) is 0 Å². The molecule has 3 rings (SSSR count). The van der Waals surface area contributed by atoms with Gasteiger partial charge >= 0.3 is 0 Å². The molecule has 2 aliphatic rings. The van der Waals surface area contributed by atoms with Gasteiger partial charge in [-0.3, -0.25) is 14.6 Å². The predicted octanol–water partition coefficient (Wildman–Crippen LogP) is 3.27. The quantitative estimate of drug-likeness (QED) is 0.610. The van der Waals surface area contributed by atoms with Crippen LogP contribution in [0.2, 0.25) is 5.02 Å². The van der Waals surface area contributed by atoms with Crippen LogP contribution >= 0.6 is 11.6 Å². The molecular weight excluding hydrogens is 390 g/mol. The van der Waals surface area contributed by atoms with Gasteiger partial charge in [0.25, 0.3) is 0 Å². The molecule has 1 aromatic carbocycles. The summed E-state index contributed by atoms with van der Waals surface area (Å²) < 4.78 is 11.6. The highest BCUT2D eigenvalue weighted by atomic mass is 35.5. The molecule has 0 spiro atoms. The van der Waals surface area contributed by atoms with E-state index < -0.39 is 0 Å². The molecule has 7 heteroatoms. The fourth-order valence-electron chi connectivity index (χ4n) is 3.94. The topological polar surface area (TPSA) is 45.2 Å². The Labute approximate surface area is 179 Å². The fraction of sp³-hybridized carbons (Fsp3) is 0.682. The lowest BCUT2D eigenvalue weighted by Crippen LogP contribution is -2.49. The molecule has 0 saturated carbocycles. The molecule has 1 amide bonds. The van der Waals surface area contributed by atoms with Gasteiger partial charge < -0.3 is 14.4 Å². The minimum atomic E-state index is 0.284. The van der Waals surface area contributed by atoms with Crippen LogP contribution in [0.3, 0.4) is 0 Å². The molecule has 2 aliphatic heterocycles. The second-order valence-corrected chi connectivity index (χ2v) is 8.23. The van der Waals surface area contributed by atoms with Crippen LogP contribution in [-0.4, -0.2) is 79.6 Å². The molecule has 0 atom stereocenters. The normalized spacial score (nSPS) is 18.2. The number of amides is 1. The number of likely N-dealkylation sites (tertiary alicyclic amines) is 1. The maximum atomic E-state index is 12.4. The second-order valence-electron chi connectivity index (χ2n) is 7.83. The standard InChI is InChI=1S/C22H34ClN3O3/c1-3-13-29-22-19(23)14-18(15-20(22)28-4-2)16-24-9-11-25(12-10-24)17-21(27)26-7-5-6-8-26/h14-15H,3-13,16-17H2,1-2H3. The largest absolute Gasteiger partial charge is 0.490 e. The zero-order chi connectivity index (χ0) is 20.6. The van der Waals surface area contributed by atoms with Crippen LogP contribution in [0.1, 0.15) is 38.7 Å². The van der Waals surface area contributed by atoms with Crippen molar-refractivity contribution in [3.8, 4) is 11.5 Å². The summed E-state index contributed by atoms with van der Waals surface area (Å²) in [5.74, 6) is 1.65. The molecule has 6 nitrogen and oxygen atoms in total. The molecule has 162 valence electrons. The van der Waals surface area contributed by atoms with Gasteiger partial charge in [-0.05, 0) is 43.9 Å². The number of ether oxygens (including phenoxy) is 2. The fourth-order valence-corrected chi connectivity index (χ4v) is 4.23. The molecule has 2 saturated heterocycles. The van der Waals surface area contributed by atoms with Gasteiger partial charge in [0, 0.05) is 45.8 Å². The lowest BCUT2D eigenvalue weighted by Gasteiger charge is -2.35. The van der Waals surface area contributed by atoms with E-state index in [9.17, 15) is 4.79 Å². The Balaban J connectivity index is 1.53. The summed E-state index contributed by atoms with van der Waals surface area (Å²) >= 11 is 6.49. The van der Waals surface area contributed by atoms with E-state index in [-0.39, 0.29) is 5.91 Å². The van der Waals surface area contributed by atoms with Crippen LogP contribution in [-0.2, 0) is 11.3 Å². The van der Waals surface area contributed by atoms with Crippen molar-refractivity contribution in [2.75, 3.05) is 59.0 Å². The summed E-state index contributed by atoms with van der Waals surface area (Å²) in [5, 5.41) is 0.606. The third-order valence-corrected chi connectivity index (χ3v) is 5.79. The Morgan fingerprint density at radius 1 is 1.00 bits per heavy atom. The van der Waals surface area contributed by atoms with E-state index in [0.717, 1.165) is 76.4 Å². The van der Waals surface area contributed by atoms with Gasteiger partial charge in [-0.2, -0.15) is 0 Å². The van der Waals surface area contributed by atoms with E-state index in [0.29, 0.717) is 30.5 Å². The van der Waals surface area contributed by atoms with Gasteiger partial charge in [-0.15, -0.1) is 0 Å². The van der Waals surface area contributed by atoms with Crippen LogP contribution < -0.4 is 9.47 Å². The van der Waals surface area contributed by atoms with Crippen LogP contribution in [0.4, 0.5) is 0 Å². The molecule has 2 fully saturated rings. The Kier molecular flexibility index (Phi) is 8.45. The zero-order valence-corrected chi connectivity index (χ0v) is 18.5. The number of benzene rings is 1. The van der Waals surface area contributed by atoms with Gasteiger partial charge in [0.05, 0.1) is 24.8 Å². The van der Waals surface area contributed by atoms with Crippen LogP contribution in [0, 0.1) is 0 Å². The third-order valence-electron chi connectivity index (χ3n) is 5.51. The number of carbonyl (C=O) groups excluding carboxylic acids is 1. The summed E-state index contributed by atoms with van der Waals surface area (Å²) in [6.45, 7) is 12.2. The minimum Gasteiger partial charge on any atom is -0.490 e. The molecular formula is C22H34ClN3O3. The zero-order valence-electron chi connectivity index (χ0n) is 17.8. The number of rotatable bonds is 9. The van der Waals surface area contributed by atoms with E-state index in [4.69, 9.17) is 21.1 Å². The van der Waals surface area contributed by atoms with Crippen molar-refractivity contribution in [3.05, 3.63) is 22.7 Å². The summed E-state index contributed by atoms with van der Waals surface area (Å²) in [6.07, 6.45) is 3.22. The van der Waals surface area contributed by atoms with Crippen molar-refractivity contribution in [2.24, 2.45) is 0 Å². The van der Waals surface area contributed by atoms with E-state index in [1.165, 1.54) is 0 Å². The van der Waals surface area contributed by atoms with Crippen molar-refractivity contribution < 1.29 is 14.3 Å². The van der Waals surface area contributed by atoms with Gasteiger partial charge in [0.15, 0.2) is 11.5 Å². The minimum absolute atomic E-state index is 0.284. The number of piperazine rings is 1. The maximum absolute atomic E-state index is 12.4. The number of nitrogens with zero attached hydrogens (tertiary/aromatic N) is 3. The molecule has 29 heavy (non-hydrogen) atoms. The lowest BCUT2D eigenvalue weighted by molar-refractivity contribution is -0.131. The van der Waals surface area contributed by atoms with Gasteiger partial charge in [0.1, 0.15) is 0 Å². The average Bonchev–Trinajstić information content (AvgIpc) is 3.24. The van der Waals surface area contributed by atoms with Crippen molar-refractivity contribution in [1.82, 2.24) is 14.7 Å². The van der Waals surface area contributed by atoms with E-state index in [1.807, 2.05) is 24.0 Å². The van der Waals surface area contributed by atoms with E-state index >= 15 is 0 Å². The Hall–Kier alpha value is -1.50. The first-order valence-corrected chi connectivity index (χ1v) is 11.3. The van der Waals surface area contributed by atoms with E-state index in [2.05, 4.69) is 16.7 Å². The highest BCUT2D eigenvalue weighted by Gasteiger charge is 2.24.